The van der Waals surface area contributed by atoms with Crippen LogP contribution in [-0.4, -0.2) is 58.1 Å². The maximum atomic E-state index is 15.8. The zero-order chi connectivity index (χ0) is 38.8. The van der Waals surface area contributed by atoms with Gasteiger partial charge in [-0.25, -0.2) is 18.8 Å². The van der Waals surface area contributed by atoms with Crippen molar-refractivity contribution in [3.8, 4) is 5.75 Å². The Labute approximate surface area is 318 Å². The lowest BCUT2D eigenvalue weighted by atomic mass is 9.98. The van der Waals surface area contributed by atoms with Crippen molar-refractivity contribution in [3.05, 3.63) is 77.4 Å². The van der Waals surface area contributed by atoms with Crippen molar-refractivity contribution in [1.29, 1.82) is 0 Å². The molecule has 4 rings (SSSR count). The van der Waals surface area contributed by atoms with E-state index in [0.29, 0.717) is 11.8 Å². The van der Waals surface area contributed by atoms with Crippen LogP contribution in [0.4, 0.5) is 10.2 Å². The zero-order valence-corrected chi connectivity index (χ0v) is 32.7. The van der Waals surface area contributed by atoms with Crippen molar-refractivity contribution in [1.82, 2.24) is 20.0 Å². The SMILES string of the molecule is CCCCCCCC/C=C\CCCCCCCC(=O)NCCNP(=O)(OC[C@H]1O[C@@H](n2ccc(N)nc2=O)[C@](C)(F)[C@@H]1O)Oc1cccc2ccccc12. The number of nitrogen functional groups attached to an aromatic ring is 1. The van der Waals surface area contributed by atoms with E-state index in [1.54, 1.807) is 12.1 Å². The van der Waals surface area contributed by atoms with Gasteiger partial charge in [0.25, 0.3) is 0 Å². The Morgan fingerprint density at radius 3 is 2.39 bits per heavy atom. The number of carbonyl (C=O) groups excluding carboxylic acids is 1. The van der Waals surface area contributed by atoms with Gasteiger partial charge in [-0.3, -0.25) is 13.9 Å². The minimum absolute atomic E-state index is 0.0319. The molecule has 2 heterocycles. The highest BCUT2D eigenvalue weighted by molar-refractivity contribution is 7.52. The van der Waals surface area contributed by atoms with Crippen LogP contribution in [0, 0.1) is 0 Å². The second kappa shape index (κ2) is 22.1. The highest BCUT2D eigenvalue weighted by atomic mass is 31.2. The number of aromatic nitrogens is 2. The highest BCUT2D eigenvalue weighted by Gasteiger charge is 2.55. The Morgan fingerprint density at radius 1 is 1.00 bits per heavy atom. The third kappa shape index (κ3) is 13.3. The van der Waals surface area contributed by atoms with E-state index in [1.807, 2.05) is 30.3 Å². The summed E-state index contributed by atoms with van der Waals surface area (Å²) >= 11 is 0. The number of halogens is 1. The molecule has 14 heteroatoms. The van der Waals surface area contributed by atoms with Crippen molar-refractivity contribution in [3.63, 3.8) is 0 Å². The Balaban J connectivity index is 1.22. The number of hydrogen-bond donors (Lipinski definition) is 4. The fraction of sp³-hybridized carbons (Fsp3) is 0.575. The van der Waals surface area contributed by atoms with Gasteiger partial charge in [-0.1, -0.05) is 107 Å². The van der Waals surface area contributed by atoms with Gasteiger partial charge in [0.05, 0.1) is 6.61 Å². The number of aliphatic hydroxyl groups is 1. The minimum atomic E-state index is -4.20. The molecule has 54 heavy (non-hydrogen) atoms. The number of fused-ring (bicyclic) bond motifs is 1. The second-order valence-electron chi connectivity index (χ2n) is 14.1. The standard InChI is InChI=1S/C40H59FN5O7P/c1-3-4-5-6-7-8-9-10-11-12-13-14-15-16-17-25-36(47)43-27-28-44-54(50,53-33-24-20-22-31-21-18-19-23-32(31)33)51-30-34-37(48)40(2,41)38(52-34)46-29-26-35(42)45-39(46)49/h10-11,18-24,26,29,34,37-38,48H,3-9,12-17,25,27-28,30H2,1-2H3,(H,43,47)(H,44,50)(H2,42,45,49)/b11-10-/t34-,37-,38-,40-,54?/m1/s1. The van der Waals surface area contributed by atoms with Gasteiger partial charge < -0.3 is 25.4 Å². The fourth-order valence-electron chi connectivity index (χ4n) is 6.47. The molecule has 0 saturated carbocycles. The smallest absolute Gasteiger partial charge is 0.413 e. The molecule has 1 aliphatic heterocycles. The van der Waals surface area contributed by atoms with E-state index >= 15 is 4.39 Å². The largest absolute Gasteiger partial charge is 0.458 e. The van der Waals surface area contributed by atoms with Gasteiger partial charge in [0.15, 0.2) is 11.9 Å². The molecule has 2 aromatic carbocycles. The predicted molar refractivity (Wildman–Crippen MR) is 211 cm³/mol. The van der Waals surface area contributed by atoms with Gasteiger partial charge in [-0.05, 0) is 56.5 Å². The van der Waals surface area contributed by atoms with Gasteiger partial charge in [0.1, 0.15) is 23.8 Å². The molecule has 0 aliphatic carbocycles. The molecule has 298 valence electrons. The topological polar surface area (TPSA) is 167 Å². The van der Waals surface area contributed by atoms with E-state index in [9.17, 15) is 19.3 Å². The number of alkyl halides is 1. The number of anilines is 1. The number of ether oxygens (including phenoxy) is 1. The van der Waals surface area contributed by atoms with Crippen LogP contribution < -0.4 is 26.4 Å². The Kier molecular flexibility index (Phi) is 17.6. The molecule has 1 unspecified atom stereocenters. The Bertz CT molecular complexity index is 1730. The van der Waals surface area contributed by atoms with Crippen LogP contribution in [-0.2, 0) is 18.6 Å². The van der Waals surface area contributed by atoms with E-state index in [1.165, 1.54) is 57.2 Å². The van der Waals surface area contributed by atoms with Gasteiger partial charge >= 0.3 is 13.4 Å². The number of amides is 1. The van der Waals surface area contributed by atoms with E-state index < -0.39 is 44.1 Å². The average Bonchev–Trinajstić information content (AvgIpc) is 3.38. The number of rotatable bonds is 25. The number of unbranched alkanes of at least 4 members (excludes halogenated alkanes) is 11. The summed E-state index contributed by atoms with van der Waals surface area (Å²) in [7, 11) is -4.20. The number of allylic oxidation sites excluding steroid dienone is 2. The number of nitrogens with zero attached hydrogens (tertiary/aromatic N) is 2. The number of carbonyl (C=O) groups is 1. The number of aliphatic hydroxyl groups excluding tert-OH is 1. The summed E-state index contributed by atoms with van der Waals surface area (Å²) in [4.78, 5) is 28.6. The monoisotopic (exact) mass is 771 g/mol. The van der Waals surface area contributed by atoms with Gasteiger partial charge in [-0.15, -0.1) is 0 Å². The molecule has 5 atom stereocenters. The quantitative estimate of drug-likeness (QED) is 0.0378. The molecular weight excluding hydrogens is 712 g/mol. The zero-order valence-electron chi connectivity index (χ0n) is 31.8. The van der Waals surface area contributed by atoms with Crippen LogP contribution in [0.25, 0.3) is 10.8 Å². The third-order valence-electron chi connectivity index (χ3n) is 9.62. The van der Waals surface area contributed by atoms with Crippen molar-refractivity contribution in [2.24, 2.45) is 0 Å². The molecule has 1 fully saturated rings. The number of benzene rings is 2. The lowest BCUT2D eigenvalue weighted by Gasteiger charge is -2.25. The lowest BCUT2D eigenvalue weighted by molar-refractivity contribution is -0.121. The maximum absolute atomic E-state index is 15.8. The van der Waals surface area contributed by atoms with Crippen LogP contribution in [0.1, 0.15) is 110 Å². The third-order valence-corrected chi connectivity index (χ3v) is 11.2. The summed E-state index contributed by atoms with van der Waals surface area (Å²) in [6, 6.07) is 14.0. The first kappa shape index (κ1) is 43.1. The Hall–Kier alpha value is -3.61. The van der Waals surface area contributed by atoms with Crippen LogP contribution in [0.3, 0.4) is 0 Å². The molecule has 5 N–H and O–H groups in total. The fourth-order valence-corrected chi connectivity index (χ4v) is 7.83. The molecule has 1 aromatic heterocycles. The van der Waals surface area contributed by atoms with Crippen molar-refractivity contribution >= 4 is 30.2 Å². The van der Waals surface area contributed by atoms with E-state index in [-0.39, 0.29) is 30.6 Å². The number of hydrogen-bond acceptors (Lipinski definition) is 9. The molecule has 0 spiro atoms. The van der Waals surface area contributed by atoms with Gasteiger partial charge in [0, 0.05) is 31.1 Å². The van der Waals surface area contributed by atoms with Crippen molar-refractivity contribution in [2.75, 3.05) is 25.4 Å². The van der Waals surface area contributed by atoms with Crippen LogP contribution in [0.5, 0.6) is 5.75 Å². The maximum Gasteiger partial charge on any atom is 0.458 e. The first-order chi connectivity index (χ1) is 26.0. The van der Waals surface area contributed by atoms with Gasteiger partial charge in [-0.2, -0.15) is 4.98 Å². The van der Waals surface area contributed by atoms with Gasteiger partial charge in [0.2, 0.25) is 5.91 Å². The summed E-state index contributed by atoms with van der Waals surface area (Å²) in [6.07, 6.45) is 17.0. The van der Waals surface area contributed by atoms with E-state index in [0.717, 1.165) is 55.4 Å². The highest BCUT2D eigenvalue weighted by Crippen LogP contribution is 2.48. The summed E-state index contributed by atoms with van der Waals surface area (Å²) in [5.41, 5.74) is 2.28. The second-order valence-corrected chi connectivity index (χ2v) is 15.9. The molecule has 1 aliphatic rings. The van der Waals surface area contributed by atoms with Crippen LogP contribution in [0.2, 0.25) is 0 Å². The molecule has 0 radical (unpaired) electrons. The molecule has 12 nitrogen and oxygen atoms in total. The van der Waals surface area contributed by atoms with E-state index in [4.69, 9.17) is 19.5 Å². The van der Waals surface area contributed by atoms with Crippen molar-refractivity contribution < 1.29 is 32.6 Å². The Morgan fingerprint density at radius 2 is 1.67 bits per heavy atom. The van der Waals surface area contributed by atoms with Crippen molar-refractivity contribution in [2.45, 2.75) is 128 Å². The summed E-state index contributed by atoms with van der Waals surface area (Å²) in [5, 5.41) is 18.0. The average molecular weight is 772 g/mol. The molecular formula is C40H59FN5O7P. The van der Waals surface area contributed by atoms with Crippen LogP contribution >= 0.6 is 7.75 Å². The predicted octanol–water partition coefficient (Wildman–Crippen LogP) is 7.91. The first-order valence-corrected chi connectivity index (χ1v) is 21.0. The minimum Gasteiger partial charge on any atom is -0.413 e. The summed E-state index contributed by atoms with van der Waals surface area (Å²) in [6.45, 7) is 2.97. The number of nitrogens with one attached hydrogen (secondary N) is 2. The first-order valence-electron chi connectivity index (χ1n) is 19.5. The molecule has 1 amide bonds. The molecule has 3 aromatic rings. The summed E-state index contributed by atoms with van der Waals surface area (Å²) in [5.74, 6) is 0.119. The summed E-state index contributed by atoms with van der Waals surface area (Å²) < 4.78 is 48.4. The molecule has 0 bridgehead atoms. The normalized spacial score (nSPS) is 21.1. The number of nitrogens with two attached hydrogens (primary N) is 1. The lowest BCUT2D eigenvalue weighted by Crippen LogP contribution is -2.43. The van der Waals surface area contributed by atoms with Crippen LogP contribution in [0.15, 0.2) is 71.7 Å². The van der Waals surface area contributed by atoms with E-state index in [2.05, 4.69) is 34.5 Å². The molecule has 1 saturated heterocycles.